The maximum atomic E-state index is 5.91. The lowest BCUT2D eigenvalue weighted by Crippen LogP contribution is -2.07. The third-order valence-electron chi connectivity index (χ3n) is 3.08. The van der Waals surface area contributed by atoms with Crippen LogP contribution in [0.4, 0.5) is 5.82 Å². The summed E-state index contributed by atoms with van der Waals surface area (Å²) >= 11 is 5.91. The number of halogens is 1. The Kier molecular flexibility index (Phi) is 3.52. The highest BCUT2D eigenvalue weighted by atomic mass is 35.5. The highest BCUT2D eigenvalue weighted by Crippen LogP contribution is 2.21. The number of rotatable bonds is 3. The summed E-state index contributed by atoms with van der Waals surface area (Å²) in [6.07, 6.45) is 0. The van der Waals surface area contributed by atoms with Gasteiger partial charge in [0.05, 0.1) is 5.69 Å². The number of aromatic nitrogens is 3. The van der Waals surface area contributed by atoms with E-state index in [1.165, 1.54) is 0 Å². The molecule has 2 heterocycles. The van der Waals surface area contributed by atoms with E-state index in [4.69, 9.17) is 16.1 Å². The van der Waals surface area contributed by atoms with Crippen LogP contribution < -0.4 is 5.32 Å². The Morgan fingerprint density at radius 1 is 1.11 bits per heavy atom. The summed E-state index contributed by atoms with van der Waals surface area (Å²) in [5.41, 5.74) is 3.87. The molecule has 2 rings (SSSR count). The monoisotopic (exact) mass is 266 g/mol. The van der Waals surface area contributed by atoms with Crippen molar-refractivity contribution in [3.8, 4) is 0 Å². The summed E-state index contributed by atoms with van der Waals surface area (Å²) in [5, 5.41) is 15.5. The van der Waals surface area contributed by atoms with Crippen LogP contribution in [0.1, 0.15) is 28.1 Å². The zero-order chi connectivity index (χ0) is 13.3. The van der Waals surface area contributed by atoms with Gasteiger partial charge in [0.1, 0.15) is 5.76 Å². The Labute approximate surface area is 111 Å². The van der Waals surface area contributed by atoms with Crippen LogP contribution in [0.15, 0.2) is 4.52 Å². The lowest BCUT2D eigenvalue weighted by atomic mass is 10.2. The van der Waals surface area contributed by atoms with Gasteiger partial charge in [0, 0.05) is 12.1 Å². The van der Waals surface area contributed by atoms with Crippen LogP contribution in [0.2, 0.25) is 5.15 Å². The predicted octanol–water partition coefficient (Wildman–Crippen LogP) is 2.96. The Bertz CT molecular complexity index is 560. The van der Waals surface area contributed by atoms with Crippen molar-refractivity contribution in [3.63, 3.8) is 0 Å². The van der Waals surface area contributed by atoms with Crippen molar-refractivity contribution >= 4 is 17.4 Å². The van der Waals surface area contributed by atoms with Gasteiger partial charge < -0.3 is 9.84 Å². The minimum Gasteiger partial charge on any atom is -0.364 e. The first-order valence-corrected chi connectivity index (χ1v) is 6.03. The standard InChI is InChI=1S/C12H15ClN4O/c1-6-7(2)12(16-15-11(6)13)14-5-10-8(3)17-18-9(10)4/h5H2,1-4H3,(H,14,16). The molecule has 0 atom stereocenters. The molecule has 96 valence electrons. The van der Waals surface area contributed by atoms with Gasteiger partial charge in [-0.2, -0.15) is 0 Å². The fourth-order valence-electron chi connectivity index (χ4n) is 1.67. The normalized spacial score (nSPS) is 10.7. The molecule has 0 bridgehead atoms. The molecule has 0 spiro atoms. The Balaban J connectivity index is 2.19. The zero-order valence-electron chi connectivity index (χ0n) is 10.8. The maximum Gasteiger partial charge on any atom is 0.155 e. The van der Waals surface area contributed by atoms with Crippen LogP contribution in [0.5, 0.6) is 0 Å². The summed E-state index contributed by atoms with van der Waals surface area (Å²) in [6.45, 7) is 8.30. The first-order valence-electron chi connectivity index (χ1n) is 5.65. The fraction of sp³-hybridized carbons (Fsp3) is 0.417. The topological polar surface area (TPSA) is 63.8 Å². The number of nitrogens with zero attached hydrogens (tertiary/aromatic N) is 3. The molecule has 5 nitrogen and oxygen atoms in total. The average molecular weight is 267 g/mol. The molecular weight excluding hydrogens is 252 g/mol. The Morgan fingerprint density at radius 3 is 2.44 bits per heavy atom. The summed E-state index contributed by atoms with van der Waals surface area (Å²) in [5.74, 6) is 1.55. The molecule has 6 heteroatoms. The molecule has 0 saturated carbocycles. The summed E-state index contributed by atoms with van der Waals surface area (Å²) in [6, 6.07) is 0. The van der Waals surface area contributed by atoms with Crippen LogP contribution in [0, 0.1) is 27.7 Å². The lowest BCUT2D eigenvalue weighted by Gasteiger charge is -2.10. The number of hydrogen-bond acceptors (Lipinski definition) is 5. The van der Waals surface area contributed by atoms with E-state index < -0.39 is 0 Å². The van der Waals surface area contributed by atoms with E-state index in [0.717, 1.165) is 34.0 Å². The molecule has 1 N–H and O–H groups in total. The smallest absolute Gasteiger partial charge is 0.155 e. The van der Waals surface area contributed by atoms with E-state index in [0.29, 0.717) is 11.7 Å². The van der Waals surface area contributed by atoms with E-state index in [2.05, 4.69) is 20.7 Å². The van der Waals surface area contributed by atoms with E-state index in [1.54, 1.807) is 0 Å². The van der Waals surface area contributed by atoms with Gasteiger partial charge in [0.2, 0.25) is 0 Å². The van der Waals surface area contributed by atoms with Gasteiger partial charge in [-0.15, -0.1) is 10.2 Å². The molecule has 0 aliphatic carbocycles. The minimum atomic E-state index is 0.440. The second-order valence-electron chi connectivity index (χ2n) is 4.25. The van der Waals surface area contributed by atoms with Crippen molar-refractivity contribution < 1.29 is 4.52 Å². The number of anilines is 1. The van der Waals surface area contributed by atoms with Crippen molar-refractivity contribution in [2.24, 2.45) is 0 Å². The predicted molar refractivity (Wildman–Crippen MR) is 69.8 cm³/mol. The molecule has 0 aliphatic rings. The summed E-state index contributed by atoms with van der Waals surface area (Å²) < 4.78 is 5.11. The highest BCUT2D eigenvalue weighted by Gasteiger charge is 2.11. The molecule has 0 radical (unpaired) electrons. The average Bonchev–Trinajstić information content (AvgIpc) is 2.66. The van der Waals surface area contributed by atoms with Gasteiger partial charge in [-0.1, -0.05) is 16.8 Å². The van der Waals surface area contributed by atoms with Crippen molar-refractivity contribution in [1.29, 1.82) is 0 Å². The molecule has 2 aromatic rings. The molecule has 2 aromatic heterocycles. The van der Waals surface area contributed by atoms with Gasteiger partial charge in [0.15, 0.2) is 11.0 Å². The first-order chi connectivity index (χ1) is 8.50. The summed E-state index contributed by atoms with van der Waals surface area (Å²) in [7, 11) is 0. The second-order valence-corrected chi connectivity index (χ2v) is 4.60. The lowest BCUT2D eigenvalue weighted by molar-refractivity contribution is 0.392. The molecule has 0 saturated heterocycles. The van der Waals surface area contributed by atoms with Gasteiger partial charge in [-0.25, -0.2) is 0 Å². The van der Waals surface area contributed by atoms with Gasteiger partial charge in [-0.3, -0.25) is 0 Å². The zero-order valence-corrected chi connectivity index (χ0v) is 11.6. The third kappa shape index (κ3) is 2.31. The third-order valence-corrected chi connectivity index (χ3v) is 3.44. The molecule has 0 aromatic carbocycles. The molecule has 18 heavy (non-hydrogen) atoms. The largest absolute Gasteiger partial charge is 0.364 e. The van der Waals surface area contributed by atoms with Crippen LogP contribution in [-0.4, -0.2) is 15.4 Å². The SMILES string of the molecule is Cc1noc(C)c1CNc1nnc(Cl)c(C)c1C. The van der Waals surface area contributed by atoms with E-state index in [9.17, 15) is 0 Å². The van der Waals surface area contributed by atoms with Crippen molar-refractivity contribution in [1.82, 2.24) is 15.4 Å². The van der Waals surface area contributed by atoms with Gasteiger partial charge >= 0.3 is 0 Å². The molecule has 0 amide bonds. The summed E-state index contributed by atoms with van der Waals surface area (Å²) in [4.78, 5) is 0. The van der Waals surface area contributed by atoms with Gasteiger partial charge in [-0.05, 0) is 38.8 Å². The van der Waals surface area contributed by atoms with Crippen LogP contribution >= 0.6 is 11.6 Å². The quantitative estimate of drug-likeness (QED) is 0.925. The van der Waals surface area contributed by atoms with Crippen LogP contribution in [0.3, 0.4) is 0 Å². The van der Waals surface area contributed by atoms with Crippen LogP contribution in [0.25, 0.3) is 0 Å². The van der Waals surface area contributed by atoms with Crippen molar-refractivity contribution in [2.75, 3.05) is 5.32 Å². The van der Waals surface area contributed by atoms with E-state index in [-0.39, 0.29) is 0 Å². The number of nitrogens with one attached hydrogen (secondary N) is 1. The Morgan fingerprint density at radius 2 is 1.83 bits per heavy atom. The van der Waals surface area contributed by atoms with Crippen molar-refractivity contribution in [3.05, 3.63) is 33.3 Å². The minimum absolute atomic E-state index is 0.440. The number of hydrogen-bond donors (Lipinski definition) is 1. The van der Waals surface area contributed by atoms with Gasteiger partial charge in [0.25, 0.3) is 0 Å². The molecular formula is C12H15ClN4O. The number of aryl methyl sites for hydroxylation is 2. The first kappa shape index (κ1) is 12.8. The van der Waals surface area contributed by atoms with Crippen molar-refractivity contribution in [2.45, 2.75) is 34.2 Å². The maximum absolute atomic E-state index is 5.91. The fourth-order valence-corrected chi connectivity index (χ4v) is 1.85. The molecule has 0 unspecified atom stereocenters. The molecule has 0 fully saturated rings. The van der Waals surface area contributed by atoms with Crippen LogP contribution in [-0.2, 0) is 6.54 Å². The highest BCUT2D eigenvalue weighted by molar-refractivity contribution is 6.30. The molecule has 0 aliphatic heterocycles. The second kappa shape index (κ2) is 4.94. The Hall–Kier alpha value is -1.62. The van der Waals surface area contributed by atoms with E-state index in [1.807, 2.05) is 27.7 Å². The van der Waals surface area contributed by atoms with E-state index >= 15 is 0 Å².